The van der Waals surface area contributed by atoms with Gasteiger partial charge in [0.15, 0.2) is 4.87 Å². The number of hydrogen-bond donors (Lipinski definition) is 1. The summed E-state index contributed by atoms with van der Waals surface area (Å²) in [7, 11) is -3.65. The van der Waals surface area contributed by atoms with Crippen LogP contribution in [0.1, 0.15) is 5.56 Å². The molecular formula is C14H13NO3S. The molecule has 1 aliphatic rings. The minimum atomic E-state index is -3.65. The molecule has 0 aromatic heterocycles. The molecule has 1 fully saturated rings. The maximum absolute atomic E-state index is 12.7. The van der Waals surface area contributed by atoms with Crippen LogP contribution in [0.3, 0.4) is 0 Å². The maximum atomic E-state index is 12.7. The molecular weight excluding hydrogens is 262 g/mol. The standard InChI is InChI=1S/C14H13NO3S/c16-15-11-14(15,12-7-3-1-4-8-12)19(17,18)13-9-5-2-6-10-13/h1-10,16H,11H2. The van der Waals surface area contributed by atoms with E-state index in [2.05, 4.69) is 0 Å². The van der Waals surface area contributed by atoms with Gasteiger partial charge in [0.1, 0.15) is 0 Å². The fourth-order valence-electron chi connectivity index (χ4n) is 2.28. The summed E-state index contributed by atoms with van der Waals surface area (Å²) < 4.78 is 25.5. The smallest absolute Gasteiger partial charge is 0.205 e. The Labute approximate surface area is 111 Å². The minimum Gasteiger partial charge on any atom is -0.312 e. The second kappa shape index (κ2) is 4.16. The molecule has 0 aliphatic carbocycles. The third-order valence-corrected chi connectivity index (χ3v) is 5.76. The van der Waals surface area contributed by atoms with Crippen molar-refractivity contribution in [3.05, 3.63) is 66.2 Å². The highest BCUT2D eigenvalue weighted by molar-refractivity contribution is 7.92. The molecule has 98 valence electrons. The van der Waals surface area contributed by atoms with Crippen LogP contribution < -0.4 is 0 Å². The van der Waals surface area contributed by atoms with Crippen molar-refractivity contribution in [3.63, 3.8) is 0 Å². The van der Waals surface area contributed by atoms with Crippen LogP contribution in [-0.4, -0.2) is 25.2 Å². The van der Waals surface area contributed by atoms with E-state index >= 15 is 0 Å². The van der Waals surface area contributed by atoms with Gasteiger partial charge in [-0.2, -0.15) is 5.06 Å². The van der Waals surface area contributed by atoms with E-state index < -0.39 is 14.7 Å². The fourth-order valence-corrected chi connectivity index (χ4v) is 4.20. The molecule has 5 heteroatoms. The highest BCUT2D eigenvalue weighted by Crippen LogP contribution is 2.48. The molecule has 0 spiro atoms. The number of nitrogens with zero attached hydrogens (tertiary/aromatic N) is 1. The van der Waals surface area contributed by atoms with E-state index in [9.17, 15) is 13.6 Å². The second-order valence-corrected chi connectivity index (χ2v) is 6.68. The van der Waals surface area contributed by atoms with Gasteiger partial charge in [0.25, 0.3) is 0 Å². The molecule has 19 heavy (non-hydrogen) atoms. The van der Waals surface area contributed by atoms with Crippen molar-refractivity contribution < 1.29 is 13.6 Å². The molecule has 1 N–H and O–H groups in total. The second-order valence-electron chi connectivity index (χ2n) is 4.52. The van der Waals surface area contributed by atoms with Crippen molar-refractivity contribution in [1.29, 1.82) is 0 Å². The molecule has 0 saturated carbocycles. The van der Waals surface area contributed by atoms with Crippen LogP contribution in [0.5, 0.6) is 0 Å². The van der Waals surface area contributed by atoms with Crippen molar-refractivity contribution >= 4 is 9.84 Å². The molecule has 2 atom stereocenters. The summed E-state index contributed by atoms with van der Waals surface area (Å²) in [5, 5.41) is 10.6. The molecule has 1 heterocycles. The van der Waals surface area contributed by atoms with Crippen LogP contribution >= 0.6 is 0 Å². The van der Waals surface area contributed by atoms with Gasteiger partial charge >= 0.3 is 0 Å². The normalized spacial score (nSPS) is 26.1. The largest absolute Gasteiger partial charge is 0.312 e. The summed E-state index contributed by atoms with van der Waals surface area (Å²) in [6.45, 7) is 0.0915. The number of hydroxylamine groups is 2. The van der Waals surface area contributed by atoms with E-state index in [1.165, 1.54) is 0 Å². The summed E-state index contributed by atoms with van der Waals surface area (Å²) in [4.78, 5) is -1.12. The van der Waals surface area contributed by atoms with E-state index in [4.69, 9.17) is 0 Å². The minimum absolute atomic E-state index is 0.0915. The Balaban J connectivity index is 2.15. The van der Waals surface area contributed by atoms with Crippen molar-refractivity contribution in [2.75, 3.05) is 6.54 Å². The molecule has 0 bridgehead atoms. The monoisotopic (exact) mass is 275 g/mol. The van der Waals surface area contributed by atoms with Crippen LogP contribution in [0, 0.1) is 0 Å². The van der Waals surface area contributed by atoms with Crippen LogP contribution in [0.4, 0.5) is 0 Å². The Morgan fingerprint density at radius 3 is 1.89 bits per heavy atom. The van der Waals surface area contributed by atoms with Gasteiger partial charge in [0.05, 0.1) is 11.4 Å². The first kappa shape index (κ1) is 12.3. The Morgan fingerprint density at radius 2 is 1.42 bits per heavy atom. The Hall–Kier alpha value is -1.69. The molecule has 1 saturated heterocycles. The van der Waals surface area contributed by atoms with Gasteiger partial charge in [-0.1, -0.05) is 48.5 Å². The van der Waals surface area contributed by atoms with Gasteiger partial charge in [-0.05, 0) is 17.7 Å². The molecule has 2 aromatic rings. The van der Waals surface area contributed by atoms with Crippen molar-refractivity contribution in [2.45, 2.75) is 9.77 Å². The topological polar surface area (TPSA) is 57.4 Å². The molecule has 4 nitrogen and oxygen atoms in total. The van der Waals surface area contributed by atoms with Crippen molar-refractivity contribution in [2.24, 2.45) is 0 Å². The predicted molar refractivity (Wildman–Crippen MR) is 70.2 cm³/mol. The lowest BCUT2D eigenvalue weighted by atomic mass is 10.1. The first-order valence-corrected chi connectivity index (χ1v) is 7.39. The first-order valence-electron chi connectivity index (χ1n) is 5.91. The highest BCUT2D eigenvalue weighted by atomic mass is 32.2. The predicted octanol–water partition coefficient (Wildman–Crippen LogP) is 2.02. The van der Waals surface area contributed by atoms with Crippen LogP contribution in [0.15, 0.2) is 65.6 Å². The third kappa shape index (κ3) is 1.70. The Kier molecular flexibility index (Phi) is 2.70. The van der Waals surface area contributed by atoms with E-state index in [1.807, 2.05) is 6.07 Å². The summed E-state index contributed by atoms with van der Waals surface area (Å²) in [6, 6.07) is 17.0. The molecule has 2 aromatic carbocycles. The zero-order chi connectivity index (χ0) is 13.5. The van der Waals surface area contributed by atoms with Gasteiger partial charge in [0, 0.05) is 0 Å². The zero-order valence-corrected chi connectivity index (χ0v) is 10.9. The summed E-state index contributed by atoms with van der Waals surface area (Å²) in [5.41, 5.74) is 0.585. The summed E-state index contributed by atoms with van der Waals surface area (Å²) >= 11 is 0. The number of sulfone groups is 1. The lowest BCUT2D eigenvalue weighted by Gasteiger charge is -2.16. The summed E-state index contributed by atoms with van der Waals surface area (Å²) in [5.74, 6) is 0. The Morgan fingerprint density at radius 1 is 0.947 bits per heavy atom. The first-order chi connectivity index (χ1) is 9.09. The highest BCUT2D eigenvalue weighted by Gasteiger charge is 2.64. The van der Waals surface area contributed by atoms with Gasteiger partial charge in [-0.25, -0.2) is 8.42 Å². The quantitative estimate of drug-likeness (QED) is 0.871. The lowest BCUT2D eigenvalue weighted by molar-refractivity contribution is 0.00977. The number of benzene rings is 2. The fraction of sp³-hybridized carbons (Fsp3) is 0.143. The number of hydrogen-bond acceptors (Lipinski definition) is 4. The molecule has 2 unspecified atom stereocenters. The van der Waals surface area contributed by atoms with Gasteiger partial charge in [0.2, 0.25) is 9.84 Å². The van der Waals surface area contributed by atoms with Crippen molar-refractivity contribution in [3.8, 4) is 0 Å². The van der Waals surface area contributed by atoms with E-state index in [-0.39, 0.29) is 11.4 Å². The average molecular weight is 275 g/mol. The van der Waals surface area contributed by atoms with Crippen LogP contribution in [0.2, 0.25) is 0 Å². The van der Waals surface area contributed by atoms with Gasteiger partial charge in [-0.3, -0.25) is 0 Å². The maximum Gasteiger partial charge on any atom is 0.205 e. The SMILES string of the molecule is O=S(=O)(c1ccccc1)C1(c2ccccc2)CN1O. The third-order valence-electron chi connectivity index (χ3n) is 3.40. The molecule has 3 rings (SSSR count). The molecule has 0 radical (unpaired) electrons. The van der Waals surface area contributed by atoms with Gasteiger partial charge in [-0.15, -0.1) is 0 Å². The van der Waals surface area contributed by atoms with E-state index in [0.29, 0.717) is 5.56 Å². The van der Waals surface area contributed by atoms with E-state index in [1.54, 1.807) is 54.6 Å². The molecule has 1 aliphatic heterocycles. The van der Waals surface area contributed by atoms with E-state index in [0.717, 1.165) is 5.06 Å². The van der Waals surface area contributed by atoms with Crippen LogP contribution in [0.25, 0.3) is 0 Å². The van der Waals surface area contributed by atoms with Gasteiger partial charge < -0.3 is 5.21 Å². The Bertz CT molecular complexity index is 685. The number of rotatable bonds is 3. The van der Waals surface area contributed by atoms with Crippen LogP contribution in [-0.2, 0) is 14.7 Å². The molecule has 0 amide bonds. The van der Waals surface area contributed by atoms with Crippen molar-refractivity contribution in [1.82, 2.24) is 5.06 Å². The average Bonchev–Trinajstić information content (AvgIpc) is 3.14. The lowest BCUT2D eigenvalue weighted by Crippen LogP contribution is -2.26. The zero-order valence-electron chi connectivity index (χ0n) is 10.1. The summed E-state index contributed by atoms with van der Waals surface area (Å²) in [6.07, 6.45) is 0.